The van der Waals surface area contributed by atoms with Crippen LogP contribution in [0.25, 0.3) is 0 Å². The van der Waals surface area contributed by atoms with E-state index in [2.05, 4.69) is 5.32 Å². The second-order valence-electron chi connectivity index (χ2n) is 7.39. The first-order valence-electron chi connectivity index (χ1n) is 10.0. The van der Waals surface area contributed by atoms with Gasteiger partial charge in [0.1, 0.15) is 11.5 Å². The number of ether oxygens (including phenoxy) is 4. The standard InChI is InChI=1S/C24H22ClNO7/c1-12-9-16-20(24(28)32-12)19(13-10-17(29-2)21(31-4)18(11-13)30-3)22(33-16)23(27)26-15-7-5-14(25)6-8-15/h5-11,19,22H,1-4H3,(H,26,27)/t19-,22+/m1/s1. The highest BCUT2D eigenvalue weighted by Crippen LogP contribution is 2.46. The number of benzene rings is 2. The van der Waals surface area contributed by atoms with Crippen LogP contribution in [0.15, 0.2) is 51.7 Å². The molecule has 2 aromatic carbocycles. The fourth-order valence-corrected chi connectivity index (χ4v) is 4.03. The van der Waals surface area contributed by atoms with Crippen LogP contribution < -0.4 is 29.9 Å². The van der Waals surface area contributed by atoms with Gasteiger partial charge in [-0.25, -0.2) is 4.79 Å². The topological polar surface area (TPSA) is 96.2 Å². The molecule has 0 spiro atoms. The lowest BCUT2D eigenvalue weighted by molar-refractivity contribution is -0.122. The van der Waals surface area contributed by atoms with Crippen molar-refractivity contribution in [1.29, 1.82) is 0 Å². The Hall–Kier alpha value is -3.65. The Morgan fingerprint density at radius 2 is 1.64 bits per heavy atom. The van der Waals surface area contributed by atoms with Crippen LogP contribution in [0, 0.1) is 6.92 Å². The van der Waals surface area contributed by atoms with Crippen molar-refractivity contribution in [3.8, 4) is 23.0 Å². The number of rotatable bonds is 6. The molecule has 0 aliphatic carbocycles. The quantitative estimate of drug-likeness (QED) is 0.576. The van der Waals surface area contributed by atoms with Crippen LogP contribution >= 0.6 is 11.6 Å². The monoisotopic (exact) mass is 471 g/mol. The highest BCUT2D eigenvalue weighted by Gasteiger charge is 2.44. The number of carbonyl (C=O) groups excluding carboxylic acids is 1. The van der Waals surface area contributed by atoms with Gasteiger partial charge in [0.15, 0.2) is 17.6 Å². The van der Waals surface area contributed by atoms with Crippen molar-refractivity contribution in [1.82, 2.24) is 0 Å². The lowest BCUT2D eigenvalue weighted by Crippen LogP contribution is -2.35. The lowest BCUT2D eigenvalue weighted by Gasteiger charge is -2.21. The first kappa shape index (κ1) is 22.5. The molecule has 2 heterocycles. The SMILES string of the molecule is COc1cc([C@@H]2c3c(cc(C)oc3=O)O[C@@H]2C(=O)Nc2ccc(Cl)cc2)cc(OC)c1OC. The number of amides is 1. The van der Waals surface area contributed by atoms with Gasteiger partial charge in [0.05, 0.1) is 32.8 Å². The molecular weight excluding hydrogens is 450 g/mol. The summed E-state index contributed by atoms with van der Waals surface area (Å²) in [5.41, 5.74) is 0.767. The summed E-state index contributed by atoms with van der Waals surface area (Å²) in [5, 5.41) is 3.36. The van der Waals surface area contributed by atoms with Crippen molar-refractivity contribution in [3.05, 3.63) is 74.8 Å². The molecule has 8 nitrogen and oxygen atoms in total. The van der Waals surface area contributed by atoms with E-state index in [1.165, 1.54) is 21.3 Å². The minimum Gasteiger partial charge on any atom is -0.493 e. The van der Waals surface area contributed by atoms with Crippen LogP contribution in [-0.2, 0) is 4.79 Å². The largest absolute Gasteiger partial charge is 0.493 e. The van der Waals surface area contributed by atoms with Crippen LogP contribution in [0.4, 0.5) is 5.69 Å². The van der Waals surface area contributed by atoms with Crippen LogP contribution in [0.3, 0.4) is 0 Å². The molecule has 0 bridgehead atoms. The second kappa shape index (κ2) is 9.07. The van der Waals surface area contributed by atoms with Gasteiger partial charge in [-0.2, -0.15) is 0 Å². The van der Waals surface area contributed by atoms with E-state index in [0.29, 0.717) is 45.0 Å². The third-order valence-electron chi connectivity index (χ3n) is 5.36. The van der Waals surface area contributed by atoms with Crippen molar-refractivity contribution < 1.29 is 28.2 Å². The van der Waals surface area contributed by atoms with E-state index in [1.54, 1.807) is 49.4 Å². The van der Waals surface area contributed by atoms with Crippen LogP contribution in [-0.4, -0.2) is 33.3 Å². The van der Waals surface area contributed by atoms with Gasteiger partial charge in [-0.1, -0.05) is 11.6 Å². The Labute approximate surface area is 195 Å². The van der Waals surface area contributed by atoms with E-state index in [1.807, 2.05) is 0 Å². The summed E-state index contributed by atoms with van der Waals surface area (Å²) < 4.78 is 27.6. The Bertz CT molecular complexity index is 1230. The van der Waals surface area contributed by atoms with Crippen molar-refractivity contribution in [3.63, 3.8) is 0 Å². The van der Waals surface area contributed by atoms with E-state index < -0.39 is 23.6 Å². The lowest BCUT2D eigenvalue weighted by atomic mass is 9.88. The van der Waals surface area contributed by atoms with Gasteiger partial charge in [-0.3, -0.25) is 4.79 Å². The van der Waals surface area contributed by atoms with Gasteiger partial charge >= 0.3 is 5.63 Å². The molecule has 9 heteroatoms. The van der Waals surface area contributed by atoms with E-state index in [4.69, 9.17) is 35.0 Å². The zero-order chi connectivity index (χ0) is 23.7. The Morgan fingerprint density at radius 3 is 2.21 bits per heavy atom. The van der Waals surface area contributed by atoms with Crippen molar-refractivity contribution >= 4 is 23.2 Å². The predicted octanol–water partition coefficient (Wildman–Crippen LogP) is 4.16. The van der Waals surface area contributed by atoms with Crippen LogP contribution in [0.2, 0.25) is 5.02 Å². The molecule has 0 saturated heterocycles. The van der Waals surface area contributed by atoms with E-state index in [9.17, 15) is 9.59 Å². The molecular formula is C24H22ClNO7. The van der Waals surface area contributed by atoms with E-state index >= 15 is 0 Å². The summed E-state index contributed by atoms with van der Waals surface area (Å²) >= 11 is 5.94. The van der Waals surface area contributed by atoms with Crippen molar-refractivity contribution in [2.24, 2.45) is 0 Å². The molecule has 1 aliphatic rings. The molecule has 1 N–H and O–H groups in total. The third kappa shape index (κ3) is 4.21. The number of hydrogen-bond acceptors (Lipinski definition) is 7. The molecule has 0 unspecified atom stereocenters. The Kier molecular flexibility index (Phi) is 6.20. The molecule has 33 heavy (non-hydrogen) atoms. The fraction of sp³-hybridized carbons (Fsp3) is 0.250. The molecule has 1 aliphatic heterocycles. The molecule has 0 fully saturated rings. The highest BCUT2D eigenvalue weighted by molar-refractivity contribution is 6.30. The first-order valence-corrected chi connectivity index (χ1v) is 10.4. The number of fused-ring (bicyclic) bond motifs is 1. The molecule has 1 aromatic heterocycles. The maximum absolute atomic E-state index is 13.3. The third-order valence-corrected chi connectivity index (χ3v) is 5.61. The average molecular weight is 472 g/mol. The molecule has 0 radical (unpaired) electrons. The van der Waals surface area contributed by atoms with E-state index in [-0.39, 0.29) is 5.56 Å². The van der Waals surface area contributed by atoms with Crippen molar-refractivity contribution in [2.45, 2.75) is 18.9 Å². The predicted molar refractivity (Wildman–Crippen MR) is 122 cm³/mol. The molecule has 3 aromatic rings. The number of methoxy groups -OCH3 is 3. The zero-order valence-electron chi connectivity index (χ0n) is 18.4. The highest BCUT2D eigenvalue weighted by atomic mass is 35.5. The van der Waals surface area contributed by atoms with Gasteiger partial charge < -0.3 is 28.7 Å². The number of halogens is 1. The van der Waals surface area contributed by atoms with Gasteiger partial charge in [0, 0.05) is 16.8 Å². The smallest absolute Gasteiger partial charge is 0.343 e. The Balaban J connectivity index is 1.82. The summed E-state index contributed by atoms with van der Waals surface area (Å²) in [7, 11) is 4.47. The summed E-state index contributed by atoms with van der Waals surface area (Å²) in [5.74, 6) is 0.602. The maximum Gasteiger partial charge on any atom is 0.343 e. The van der Waals surface area contributed by atoms with Gasteiger partial charge in [-0.15, -0.1) is 0 Å². The number of hydrogen-bond donors (Lipinski definition) is 1. The second-order valence-corrected chi connectivity index (χ2v) is 7.83. The minimum atomic E-state index is -1.05. The van der Waals surface area contributed by atoms with Gasteiger partial charge in [-0.05, 0) is 48.9 Å². The molecule has 2 atom stereocenters. The summed E-state index contributed by atoms with van der Waals surface area (Å²) in [6.45, 7) is 1.64. The summed E-state index contributed by atoms with van der Waals surface area (Å²) in [6.07, 6.45) is -1.05. The van der Waals surface area contributed by atoms with Crippen molar-refractivity contribution in [2.75, 3.05) is 26.6 Å². The summed E-state index contributed by atoms with van der Waals surface area (Å²) in [4.78, 5) is 26.1. The number of anilines is 1. The normalized spacial score (nSPS) is 16.5. The maximum atomic E-state index is 13.3. The Morgan fingerprint density at radius 1 is 1.00 bits per heavy atom. The number of aryl methyl sites for hydroxylation is 1. The zero-order valence-corrected chi connectivity index (χ0v) is 19.2. The van der Waals surface area contributed by atoms with E-state index in [0.717, 1.165) is 0 Å². The number of nitrogens with one attached hydrogen (secondary N) is 1. The minimum absolute atomic E-state index is 0.242. The number of carbonyl (C=O) groups is 1. The molecule has 1 amide bonds. The average Bonchev–Trinajstić information content (AvgIpc) is 3.19. The van der Waals surface area contributed by atoms with Gasteiger partial charge in [0.25, 0.3) is 5.91 Å². The molecule has 0 saturated carbocycles. The van der Waals surface area contributed by atoms with Crippen LogP contribution in [0.5, 0.6) is 23.0 Å². The fourth-order valence-electron chi connectivity index (χ4n) is 3.90. The van der Waals surface area contributed by atoms with Gasteiger partial charge in [0.2, 0.25) is 5.75 Å². The summed E-state index contributed by atoms with van der Waals surface area (Å²) in [6, 6.07) is 11.6. The first-order chi connectivity index (χ1) is 15.9. The van der Waals surface area contributed by atoms with Crippen LogP contribution in [0.1, 0.15) is 22.8 Å². The molecule has 172 valence electrons. The molecule has 4 rings (SSSR count).